The molecule has 0 aliphatic carbocycles. The first-order chi connectivity index (χ1) is 13.2. The van der Waals surface area contributed by atoms with Gasteiger partial charge in [-0.3, -0.25) is 9.59 Å². The number of benzene rings is 2. The molecule has 1 saturated heterocycles. The van der Waals surface area contributed by atoms with Crippen LogP contribution in [-0.4, -0.2) is 41.1 Å². The van der Waals surface area contributed by atoms with E-state index in [1.807, 2.05) is 60.7 Å². The number of hydrogen-bond donors (Lipinski definition) is 1. The van der Waals surface area contributed by atoms with Crippen LogP contribution in [0.5, 0.6) is 0 Å². The third kappa shape index (κ3) is 3.74. The molecule has 0 spiro atoms. The Morgan fingerprint density at radius 2 is 1.50 bits per heavy atom. The molecule has 7 heteroatoms. The standard InChI is InChI=1S/C21H20F3NO3/c22-21(23,24)20(19(27)28)11-12-25(14-20)18(26)13-17(15-7-3-1-4-8-15)16-9-5-2-6-10-16/h1-10,17H,11-14H2,(H,27,28). The van der Waals surface area contributed by atoms with E-state index in [0.717, 1.165) is 16.0 Å². The number of amides is 1. The van der Waals surface area contributed by atoms with E-state index in [2.05, 4.69) is 0 Å². The Hall–Kier alpha value is -2.83. The van der Waals surface area contributed by atoms with Gasteiger partial charge in [0.1, 0.15) is 0 Å². The van der Waals surface area contributed by atoms with Crippen molar-refractivity contribution in [3.63, 3.8) is 0 Å². The maximum atomic E-state index is 13.4. The van der Waals surface area contributed by atoms with Crippen molar-refractivity contribution < 1.29 is 27.9 Å². The molecule has 1 atom stereocenters. The van der Waals surface area contributed by atoms with E-state index in [0.29, 0.717) is 0 Å². The lowest BCUT2D eigenvalue weighted by Crippen LogP contribution is -2.47. The van der Waals surface area contributed by atoms with E-state index in [1.54, 1.807) is 0 Å². The lowest BCUT2D eigenvalue weighted by atomic mass is 9.86. The third-order valence-corrected chi connectivity index (χ3v) is 5.36. The maximum absolute atomic E-state index is 13.4. The molecule has 0 aromatic heterocycles. The summed E-state index contributed by atoms with van der Waals surface area (Å²) in [6.45, 7) is -1.07. The molecule has 1 fully saturated rings. The summed E-state index contributed by atoms with van der Waals surface area (Å²) in [4.78, 5) is 25.2. The highest BCUT2D eigenvalue weighted by atomic mass is 19.4. The van der Waals surface area contributed by atoms with Crippen molar-refractivity contribution in [2.75, 3.05) is 13.1 Å². The van der Waals surface area contributed by atoms with Gasteiger partial charge in [-0.15, -0.1) is 0 Å². The van der Waals surface area contributed by atoms with Crippen molar-refractivity contribution in [3.05, 3.63) is 71.8 Å². The molecule has 0 saturated carbocycles. The zero-order chi connectivity index (χ0) is 20.4. The molecule has 4 nitrogen and oxygen atoms in total. The molecule has 1 amide bonds. The van der Waals surface area contributed by atoms with Crippen LogP contribution in [-0.2, 0) is 9.59 Å². The smallest absolute Gasteiger partial charge is 0.406 e. The van der Waals surface area contributed by atoms with Gasteiger partial charge in [-0.2, -0.15) is 13.2 Å². The minimum atomic E-state index is -4.91. The van der Waals surface area contributed by atoms with Crippen molar-refractivity contribution >= 4 is 11.9 Å². The summed E-state index contributed by atoms with van der Waals surface area (Å²) in [5, 5.41) is 9.18. The Bertz CT molecular complexity index is 799. The predicted octanol–water partition coefficient (Wildman–Crippen LogP) is 4.07. The van der Waals surface area contributed by atoms with Crippen LogP contribution < -0.4 is 0 Å². The van der Waals surface area contributed by atoms with Gasteiger partial charge in [0.15, 0.2) is 5.41 Å². The number of carboxylic acid groups (broad SMARTS) is 1. The van der Waals surface area contributed by atoms with Crippen molar-refractivity contribution in [1.29, 1.82) is 0 Å². The Morgan fingerprint density at radius 3 is 1.89 bits per heavy atom. The maximum Gasteiger partial charge on any atom is 0.406 e. The molecule has 1 heterocycles. The number of nitrogens with zero attached hydrogens (tertiary/aromatic N) is 1. The summed E-state index contributed by atoms with van der Waals surface area (Å²) in [5.74, 6) is -2.73. The van der Waals surface area contributed by atoms with Gasteiger partial charge in [-0.25, -0.2) is 0 Å². The molecule has 28 heavy (non-hydrogen) atoms. The molecular weight excluding hydrogens is 371 g/mol. The fourth-order valence-electron chi connectivity index (χ4n) is 3.65. The van der Waals surface area contributed by atoms with Crippen LogP contribution in [0.1, 0.15) is 29.9 Å². The highest BCUT2D eigenvalue weighted by Crippen LogP contribution is 2.46. The van der Waals surface area contributed by atoms with Crippen molar-refractivity contribution in [1.82, 2.24) is 4.90 Å². The van der Waals surface area contributed by atoms with Crippen LogP contribution in [0.3, 0.4) is 0 Å². The molecular formula is C21H20F3NO3. The number of rotatable bonds is 5. The average molecular weight is 391 g/mol. The summed E-state index contributed by atoms with van der Waals surface area (Å²) in [6, 6.07) is 18.5. The Kier molecular flexibility index (Phi) is 5.45. The fraction of sp³-hybridized carbons (Fsp3) is 0.333. The number of halogens is 3. The molecule has 0 bridgehead atoms. The average Bonchev–Trinajstić information content (AvgIpc) is 3.14. The summed E-state index contributed by atoms with van der Waals surface area (Å²) in [7, 11) is 0. The molecule has 1 aliphatic heterocycles. The molecule has 1 unspecified atom stereocenters. The Balaban J connectivity index is 1.83. The van der Waals surface area contributed by atoms with Crippen LogP contribution in [0, 0.1) is 5.41 Å². The first kappa shape index (κ1) is 19.9. The molecule has 0 radical (unpaired) electrons. The summed E-state index contributed by atoms with van der Waals surface area (Å²) < 4.78 is 40.1. The molecule has 1 N–H and O–H groups in total. The van der Waals surface area contributed by atoms with Gasteiger partial charge in [-0.1, -0.05) is 60.7 Å². The summed E-state index contributed by atoms with van der Waals surface area (Å²) >= 11 is 0. The minimum Gasteiger partial charge on any atom is -0.481 e. The van der Waals surface area contributed by atoms with Gasteiger partial charge in [0.25, 0.3) is 0 Å². The number of likely N-dealkylation sites (tertiary alicyclic amines) is 1. The lowest BCUT2D eigenvalue weighted by molar-refractivity contribution is -0.227. The van der Waals surface area contributed by atoms with Crippen LogP contribution >= 0.6 is 0 Å². The largest absolute Gasteiger partial charge is 0.481 e. The molecule has 148 valence electrons. The van der Waals surface area contributed by atoms with Crippen molar-refractivity contribution in [2.24, 2.45) is 5.41 Å². The van der Waals surface area contributed by atoms with Crippen LogP contribution in [0.25, 0.3) is 0 Å². The van der Waals surface area contributed by atoms with Crippen molar-refractivity contribution in [3.8, 4) is 0 Å². The quantitative estimate of drug-likeness (QED) is 0.836. The second kappa shape index (κ2) is 7.66. The van der Waals surface area contributed by atoms with Gasteiger partial charge >= 0.3 is 12.1 Å². The van der Waals surface area contributed by atoms with Gasteiger partial charge in [-0.05, 0) is 17.5 Å². The number of aliphatic carboxylic acids is 1. The monoisotopic (exact) mass is 391 g/mol. The van der Waals surface area contributed by atoms with Crippen molar-refractivity contribution in [2.45, 2.75) is 24.9 Å². The molecule has 3 rings (SSSR count). The Labute approximate surface area is 160 Å². The molecule has 2 aromatic carbocycles. The van der Waals surface area contributed by atoms with Crippen LogP contribution in [0.15, 0.2) is 60.7 Å². The van der Waals surface area contributed by atoms with E-state index in [1.165, 1.54) is 0 Å². The zero-order valence-corrected chi connectivity index (χ0v) is 15.0. The Morgan fingerprint density at radius 1 is 1.00 bits per heavy atom. The normalized spacial score (nSPS) is 19.8. The SMILES string of the molecule is O=C(CC(c1ccccc1)c1ccccc1)N1CCC(C(=O)O)(C(F)(F)F)C1. The van der Waals surface area contributed by atoms with Gasteiger partial charge in [0.05, 0.1) is 0 Å². The number of carboxylic acids is 1. The highest BCUT2D eigenvalue weighted by molar-refractivity contribution is 5.82. The van der Waals surface area contributed by atoms with Gasteiger partial charge < -0.3 is 10.0 Å². The number of carbonyl (C=O) groups excluding carboxylic acids is 1. The predicted molar refractivity (Wildman–Crippen MR) is 96.7 cm³/mol. The zero-order valence-electron chi connectivity index (χ0n) is 15.0. The number of alkyl halides is 3. The second-order valence-corrected chi connectivity index (χ2v) is 7.03. The van der Waals surface area contributed by atoms with Crippen LogP contribution in [0.4, 0.5) is 13.2 Å². The van der Waals surface area contributed by atoms with E-state index < -0.39 is 36.4 Å². The molecule has 1 aliphatic rings. The van der Waals surface area contributed by atoms with Gasteiger partial charge in [0, 0.05) is 25.4 Å². The van der Waals surface area contributed by atoms with E-state index in [-0.39, 0.29) is 18.9 Å². The third-order valence-electron chi connectivity index (χ3n) is 5.36. The highest BCUT2D eigenvalue weighted by Gasteiger charge is 2.64. The first-order valence-electron chi connectivity index (χ1n) is 8.92. The number of carbonyl (C=O) groups is 2. The number of hydrogen-bond acceptors (Lipinski definition) is 2. The van der Waals surface area contributed by atoms with Gasteiger partial charge in [0.2, 0.25) is 5.91 Å². The van der Waals surface area contributed by atoms with E-state index in [4.69, 9.17) is 0 Å². The van der Waals surface area contributed by atoms with E-state index in [9.17, 15) is 27.9 Å². The first-order valence-corrected chi connectivity index (χ1v) is 8.92. The van der Waals surface area contributed by atoms with E-state index >= 15 is 0 Å². The minimum absolute atomic E-state index is 0.0262. The molecule has 2 aromatic rings. The topological polar surface area (TPSA) is 57.6 Å². The second-order valence-electron chi connectivity index (χ2n) is 7.03. The summed E-state index contributed by atoms with van der Waals surface area (Å²) in [5.41, 5.74) is -1.14. The fourth-order valence-corrected chi connectivity index (χ4v) is 3.65. The van der Waals surface area contributed by atoms with Crippen LogP contribution in [0.2, 0.25) is 0 Å². The summed E-state index contributed by atoms with van der Waals surface area (Å²) in [6.07, 6.45) is -5.56. The lowest BCUT2D eigenvalue weighted by Gasteiger charge is -2.28.